The van der Waals surface area contributed by atoms with Gasteiger partial charge in [0.2, 0.25) is 0 Å². The van der Waals surface area contributed by atoms with Crippen molar-refractivity contribution in [1.29, 1.82) is 0 Å². The molecular formula is C10H20O2. The van der Waals surface area contributed by atoms with E-state index in [-0.39, 0.29) is 12.0 Å². The number of hydrogen-bond donors (Lipinski definition) is 2. The lowest BCUT2D eigenvalue weighted by atomic mass is 9.69. The minimum atomic E-state index is -0.497. The maximum atomic E-state index is 9.68. The van der Waals surface area contributed by atoms with Crippen LogP contribution < -0.4 is 0 Å². The maximum absolute atomic E-state index is 9.68. The van der Waals surface area contributed by atoms with Crippen molar-refractivity contribution in [2.24, 2.45) is 5.41 Å². The van der Waals surface area contributed by atoms with E-state index in [9.17, 15) is 5.11 Å². The Labute approximate surface area is 74.6 Å². The molecule has 2 nitrogen and oxygen atoms in total. The van der Waals surface area contributed by atoms with Crippen molar-refractivity contribution in [1.82, 2.24) is 0 Å². The third-order valence-electron chi connectivity index (χ3n) is 3.43. The highest BCUT2D eigenvalue weighted by molar-refractivity contribution is 4.87. The second kappa shape index (κ2) is 4.24. The van der Waals surface area contributed by atoms with Crippen molar-refractivity contribution in [3.8, 4) is 0 Å². The number of rotatable bonds is 3. The van der Waals surface area contributed by atoms with Crippen molar-refractivity contribution < 1.29 is 10.2 Å². The van der Waals surface area contributed by atoms with Crippen molar-refractivity contribution in [3.63, 3.8) is 0 Å². The molecule has 1 rings (SSSR count). The summed E-state index contributed by atoms with van der Waals surface area (Å²) < 4.78 is 0. The largest absolute Gasteiger partial charge is 0.394 e. The average molecular weight is 172 g/mol. The molecular weight excluding hydrogens is 152 g/mol. The minimum Gasteiger partial charge on any atom is -0.394 e. The molecule has 1 aliphatic rings. The maximum Gasteiger partial charge on any atom is 0.0826 e. The predicted octanol–water partition coefficient (Wildman–Crippen LogP) is 1.70. The van der Waals surface area contributed by atoms with Gasteiger partial charge in [0.05, 0.1) is 12.7 Å². The van der Waals surface area contributed by atoms with E-state index >= 15 is 0 Å². The number of aliphatic hydroxyl groups excluding tert-OH is 2. The van der Waals surface area contributed by atoms with Crippen molar-refractivity contribution in [2.75, 3.05) is 6.61 Å². The van der Waals surface area contributed by atoms with E-state index < -0.39 is 6.10 Å². The Balaban J connectivity index is 2.59. The summed E-state index contributed by atoms with van der Waals surface area (Å²) in [5.74, 6) is 0. The van der Waals surface area contributed by atoms with Gasteiger partial charge < -0.3 is 10.2 Å². The zero-order valence-electron chi connectivity index (χ0n) is 7.92. The second-order valence-electron chi connectivity index (χ2n) is 3.97. The molecule has 12 heavy (non-hydrogen) atoms. The van der Waals surface area contributed by atoms with Crippen molar-refractivity contribution >= 4 is 0 Å². The van der Waals surface area contributed by atoms with Crippen LogP contribution in [0.5, 0.6) is 0 Å². The second-order valence-corrected chi connectivity index (χ2v) is 3.97. The lowest BCUT2D eigenvalue weighted by molar-refractivity contribution is -0.0397. The van der Waals surface area contributed by atoms with Crippen LogP contribution in [0, 0.1) is 5.41 Å². The molecule has 0 amide bonds. The highest BCUT2D eigenvalue weighted by atomic mass is 16.3. The van der Waals surface area contributed by atoms with Gasteiger partial charge in [0.15, 0.2) is 0 Å². The zero-order valence-corrected chi connectivity index (χ0v) is 7.92. The minimum absolute atomic E-state index is 0.0347. The van der Waals surface area contributed by atoms with Crippen LogP contribution >= 0.6 is 0 Å². The van der Waals surface area contributed by atoms with Crippen molar-refractivity contribution in [2.45, 2.75) is 51.6 Å². The van der Waals surface area contributed by atoms with Gasteiger partial charge in [0.25, 0.3) is 0 Å². The first-order valence-electron chi connectivity index (χ1n) is 5.04. The van der Waals surface area contributed by atoms with E-state index in [2.05, 4.69) is 6.92 Å². The summed E-state index contributed by atoms with van der Waals surface area (Å²) >= 11 is 0. The molecule has 0 aromatic rings. The molecule has 0 aromatic carbocycles. The van der Waals surface area contributed by atoms with Crippen LogP contribution in [0.1, 0.15) is 45.4 Å². The molecule has 2 N–H and O–H groups in total. The molecule has 0 aliphatic heterocycles. The standard InChI is InChI=1S/C10H20O2/c1-2-10(9(12)8-11)6-4-3-5-7-10/h9,11-12H,2-8H2,1H3. The summed E-state index contributed by atoms with van der Waals surface area (Å²) in [4.78, 5) is 0. The van der Waals surface area contributed by atoms with Crippen LogP contribution in [0.15, 0.2) is 0 Å². The third kappa shape index (κ3) is 1.80. The molecule has 72 valence electrons. The van der Waals surface area contributed by atoms with Gasteiger partial charge in [-0.1, -0.05) is 26.2 Å². The first-order chi connectivity index (χ1) is 5.75. The quantitative estimate of drug-likeness (QED) is 0.680. The van der Waals surface area contributed by atoms with Gasteiger partial charge in [-0.25, -0.2) is 0 Å². The number of hydrogen-bond acceptors (Lipinski definition) is 2. The van der Waals surface area contributed by atoms with Gasteiger partial charge in [-0.05, 0) is 24.7 Å². The van der Waals surface area contributed by atoms with Crippen molar-refractivity contribution in [3.05, 3.63) is 0 Å². The smallest absolute Gasteiger partial charge is 0.0826 e. The SMILES string of the molecule is CCC1(C(O)CO)CCCCC1. The third-order valence-corrected chi connectivity index (χ3v) is 3.43. The zero-order chi connectivity index (χ0) is 9.03. The first-order valence-corrected chi connectivity index (χ1v) is 5.04. The van der Waals surface area contributed by atoms with Crippen LogP contribution in [0.3, 0.4) is 0 Å². The molecule has 0 radical (unpaired) electrons. The van der Waals surface area contributed by atoms with Gasteiger partial charge in [-0.3, -0.25) is 0 Å². The molecule has 1 saturated carbocycles. The average Bonchev–Trinajstić information content (AvgIpc) is 2.17. The Hall–Kier alpha value is -0.0800. The molecule has 0 saturated heterocycles. The van der Waals surface area contributed by atoms with Crippen LogP contribution in [0.2, 0.25) is 0 Å². The molecule has 1 fully saturated rings. The Morgan fingerprint density at radius 1 is 1.25 bits per heavy atom. The van der Waals surface area contributed by atoms with E-state index in [0.29, 0.717) is 0 Å². The van der Waals surface area contributed by atoms with Gasteiger partial charge in [0.1, 0.15) is 0 Å². The fourth-order valence-electron chi connectivity index (χ4n) is 2.37. The highest BCUT2D eigenvalue weighted by Crippen LogP contribution is 2.41. The first kappa shape index (κ1) is 10.0. The molecule has 0 bridgehead atoms. The highest BCUT2D eigenvalue weighted by Gasteiger charge is 2.36. The monoisotopic (exact) mass is 172 g/mol. The van der Waals surface area contributed by atoms with E-state index in [4.69, 9.17) is 5.11 Å². The Kier molecular flexibility index (Phi) is 3.53. The van der Waals surface area contributed by atoms with E-state index in [1.807, 2.05) is 0 Å². The molecule has 0 aromatic heterocycles. The van der Waals surface area contributed by atoms with E-state index in [1.165, 1.54) is 19.3 Å². The fourth-order valence-corrected chi connectivity index (χ4v) is 2.37. The van der Waals surface area contributed by atoms with Gasteiger partial charge in [-0.2, -0.15) is 0 Å². The molecule has 0 heterocycles. The molecule has 1 unspecified atom stereocenters. The van der Waals surface area contributed by atoms with Gasteiger partial charge >= 0.3 is 0 Å². The van der Waals surface area contributed by atoms with Gasteiger partial charge in [0, 0.05) is 0 Å². The Morgan fingerprint density at radius 3 is 2.25 bits per heavy atom. The molecule has 1 aliphatic carbocycles. The topological polar surface area (TPSA) is 40.5 Å². The lowest BCUT2D eigenvalue weighted by Gasteiger charge is -2.39. The summed E-state index contributed by atoms with van der Waals surface area (Å²) in [5.41, 5.74) is 0.0347. The summed E-state index contributed by atoms with van der Waals surface area (Å²) in [6.45, 7) is 2.04. The summed E-state index contributed by atoms with van der Waals surface area (Å²) in [6, 6.07) is 0. The molecule has 2 heteroatoms. The lowest BCUT2D eigenvalue weighted by Crippen LogP contribution is -2.38. The van der Waals surface area contributed by atoms with Crippen LogP contribution in [-0.2, 0) is 0 Å². The Morgan fingerprint density at radius 2 is 1.83 bits per heavy atom. The van der Waals surface area contributed by atoms with E-state index in [1.54, 1.807) is 0 Å². The number of aliphatic hydroxyl groups is 2. The van der Waals surface area contributed by atoms with Gasteiger partial charge in [-0.15, -0.1) is 0 Å². The Bertz CT molecular complexity index is 128. The summed E-state index contributed by atoms with van der Waals surface area (Å²) in [6.07, 6.45) is 6.39. The molecule has 1 atom stereocenters. The van der Waals surface area contributed by atoms with Crippen LogP contribution in [0.4, 0.5) is 0 Å². The molecule has 0 spiro atoms. The summed E-state index contributed by atoms with van der Waals surface area (Å²) in [5, 5.41) is 18.6. The van der Waals surface area contributed by atoms with E-state index in [0.717, 1.165) is 19.3 Å². The predicted molar refractivity (Wildman–Crippen MR) is 48.9 cm³/mol. The van der Waals surface area contributed by atoms with Crippen LogP contribution in [0.25, 0.3) is 0 Å². The van der Waals surface area contributed by atoms with Crippen LogP contribution in [-0.4, -0.2) is 22.9 Å². The summed E-state index contributed by atoms with van der Waals surface area (Å²) in [7, 11) is 0. The fraction of sp³-hybridized carbons (Fsp3) is 1.00. The normalized spacial score (nSPS) is 25.2.